The number of nitrogens with zero attached hydrogens (tertiary/aromatic N) is 1. The number of hydrogen-bond acceptors (Lipinski definition) is 1. The summed E-state index contributed by atoms with van der Waals surface area (Å²) in [4.78, 5) is 12.5. The van der Waals surface area contributed by atoms with Crippen LogP contribution >= 0.6 is 0 Å². The van der Waals surface area contributed by atoms with Gasteiger partial charge in [-0.1, -0.05) is 6.92 Å². The van der Waals surface area contributed by atoms with Crippen LogP contribution < -0.4 is 9.88 Å². The second kappa shape index (κ2) is 5.36. The summed E-state index contributed by atoms with van der Waals surface area (Å²) in [6, 6.07) is 4.22. The number of nitrogens with one attached hydrogen (secondary N) is 1. The minimum Gasteiger partial charge on any atom is -0.345 e. The Morgan fingerprint density at radius 1 is 1.14 bits per heavy atom. The van der Waals surface area contributed by atoms with E-state index >= 15 is 0 Å². The van der Waals surface area contributed by atoms with Gasteiger partial charge in [0.15, 0.2) is 12.4 Å². The molecule has 4 aliphatic carbocycles. The van der Waals surface area contributed by atoms with Gasteiger partial charge in [0.05, 0.1) is 0 Å². The molecule has 0 atom stereocenters. The molecule has 1 aromatic heterocycles. The Balaban J connectivity index is 1.41. The molecule has 4 aliphatic rings. The maximum atomic E-state index is 12.5. The van der Waals surface area contributed by atoms with Crippen molar-refractivity contribution >= 4 is 5.91 Å². The predicted molar refractivity (Wildman–Crippen MR) is 85.1 cm³/mol. The van der Waals surface area contributed by atoms with Gasteiger partial charge in [0.25, 0.3) is 5.91 Å². The summed E-state index contributed by atoms with van der Waals surface area (Å²) >= 11 is 0. The van der Waals surface area contributed by atoms with Gasteiger partial charge in [-0.2, -0.15) is 4.57 Å². The van der Waals surface area contributed by atoms with Gasteiger partial charge >= 0.3 is 0 Å². The highest BCUT2D eigenvalue weighted by Gasteiger charge is 2.51. The molecule has 0 aromatic carbocycles. The van der Waals surface area contributed by atoms with Crippen molar-refractivity contribution in [3.63, 3.8) is 0 Å². The first-order chi connectivity index (χ1) is 10.6. The molecule has 0 radical (unpaired) electrons. The van der Waals surface area contributed by atoms with Gasteiger partial charge in [0.2, 0.25) is 6.54 Å². The molecular weight excluding hydrogens is 272 g/mol. The molecule has 118 valence electrons. The van der Waals surface area contributed by atoms with Crippen LogP contribution in [0.4, 0.5) is 0 Å². The van der Waals surface area contributed by atoms with Crippen LogP contribution in [0.5, 0.6) is 0 Å². The molecular formula is C19H27N2O+. The molecule has 1 aromatic rings. The van der Waals surface area contributed by atoms with E-state index in [1.54, 1.807) is 0 Å². The SMILES string of the molecule is CCc1cc[n+](CC(=O)NC23CC4CC(CC(C4)C2)C3)cc1. The third-order valence-corrected chi connectivity index (χ3v) is 6.14. The van der Waals surface area contributed by atoms with E-state index in [2.05, 4.69) is 24.4 Å². The molecule has 0 aliphatic heterocycles. The van der Waals surface area contributed by atoms with Crippen molar-refractivity contribution in [3.8, 4) is 0 Å². The zero-order chi connectivity index (χ0) is 15.2. The van der Waals surface area contributed by atoms with Crippen molar-refractivity contribution in [2.75, 3.05) is 0 Å². The molecule has 4 bridgehead atoms. The molecule has 0 spiro atoms. The third-order valence-electron chi connectivity index (χ3n) is 6.14. The lowest BCUT2D eigenvalue weighted by atomic mass is 9.53. The van der Waals surface area contributed by atoms with E-state index in [1.807, 2.05) is 17.0 Å². The topological polar surface area (TPSA) is 33.0 Å². The predicted octanol–water partition coefficient (Wildman–Crippen LogP) is 2.62. The molecule has 5 rings (SSSR count). The van der Waals surface area contributed by atoms with Gasteiger partial charge in [-0.3, -0.25) is 4.79 Å². The Hall–Kier alpha value is -1.38. The van der Waals surface area contributed by atoms with Crippen LogP contribution in [0.2, 0.25) is 0 Å². The molecule has 4 saturated carbocycles. The summed E-state index contributed by atoms with van der Waals surface area (Å²) in [5.41, 5.74) is 1.45. The van der Waals surface area contributed by atoms with E-state index in [0.717, 1.165) is 24.2 Å². The van der Waals surface area contributed by atoms with Gasteiger partial charge in [-0.25, -0.2) is 0 Å². The van der Waals surface area contributed by atoms with Crippen molar-refractivity contribution in [2.24, 2.45) is 17.8 Å². The van der Waals surface area contributed by atoms with Crippen molar-refractivity contribution in [1.82, 2.24) is 5.32 Å². The lowest BCUT2D eigenvalue weighted by Gasteiger charge is -2.56. The summed E-state index contributed by atoms with van der Waals surface area (Å²) < 4.78 is 2.00. The van der Waals surface area contributed by atoms with E-state index in [1.165, 1.54) is 44.1 Å². The first-order valence-electron chi connectivity index (χ1n) is 8.93. The molecule has 1 N–H and O–H groups in total. The average molecular weight is 299 g/mol. The van der Waals surface area contributed by atoms with Gasteiger partial charge < -0.3 is 5.32 Å². The average Bonchev–Trinajstić information content (AvgIpc) is 2.45. The van der Waals surface area contributed by atoms with Crippen LogP contribution in [0.3, 0.4) is 0 Å². The van der Waals surface area contributed by atoms with E-state index in [0.29, 0.717) is 6.54 Å². The standard InChI is InChI=1S/C19H26N2O/c1-2-14-3-5-21(6-4-14)13-18(22)20-19-10-15-7-16(11-19)9-17(8-15)12-19/h3-6,15-17H,2,7-13H2,1H3/p+1. The number of hydrogen-bond donors (Lipinski definition) is 1. The minimum absolute atomic E-state index is 0.135. The highest BCUT2D eigenvalue weighted by Crippen LogP contribution is 2.55. The lowest BCUT2D eigenvalue weighted by molar-refractivity contribution is -0.684. The number of amides is 1. The first-order valence-corrected chi connectivity index (χ1v) is 8.93. The van der Waals surface area contributed by atoms with Gasteiger partial charge in [-0.15, -0.1) is 0 Å². The molecule has 1 heterocycles. The molecule has 22 heavy (non-hydrogen) atoms. The number of pyridine rings is 1. The van der Waals surface area contributed by atoms with Crippen LogP contribution in [0, 0.1) is 17.8 Å². The maximum absolute atomic E-state index is 12.5. The van der Waals surface area contributed by atoms with Crippen molar-refractivity contribution in [1.29, 1.82) is 0 Å². The molecule has 1 amide bonds. The largest absolute Gasteiger partial charge is 0.345 e. The molecule has 3 nitrogen and oxygen atoms in total. The van der Waals surface area contributed by atoms with Crippen LogP contribution in [-0.2, 0) is 17.8 Å². The van der Waals surface area contributed by atoms with Crippen LogP contribution in [0.1, 0.15) is 51.0 Å². The van der Waals surface area contributed by atoms with Crippen LogP contribution in [0.25, 0.3) is 0 Å². The molecule has 3 heteroatoms. The number of aromatic nitrogens is 1. The zero-order valence-electron chi connectivity index (χ0n) is 13.6. The molecule has 0 unspecified atom stereocenters. The Morgan fingerprint density at radius 2 is 1.68 bits per heavy atom. The summed E-state index contributed by atoms with van der Waals surface area (Å²) in [6.45, 7) is 2.60. The summed E-state index contributed by atoms with van der Waals surface area (Å²) in [5.74, 6) is 2.82. The van der Waals surface area contributed by atoms with Crippen molar-refractivity contribution in [2.45, 2.75) is 64.0 Å². The van der Waals surface area contributed by atoms with Crippen LogP contribution in [-0.4, -0.2) is 11.4 Å². The van der Waals surface area contributed by atoms with E-state index in [4.69, 9.17) is 0 Å². The smallest absolute Gasteiger partial charge is 0.286 e. The summed E-state index contributed by atoms with van der Waals surface area (Å²) in [6.07, 6.45) is 13.0. The van der Waals surface area contributed by atoms with E-state index in [-0.39, 0.29) is 11.4 Å². The lowest BCUT2D eigenvalue weighted by Crippen LogP contribution is -2.61. The van der Waals surface area contributed by atoms with E-state index < -0.39 is 0 Å². The number of aryl methyl sites for hydroxylation is 1. The normalized spacial score (nSPS) is 35.6. The third kappa shape index (κ3) is 2.66. The van der Waals surface area contributed by atoms with Gasteiger partial charge in [-0.05, 0) is 68.3 Å². The quantitative estimate of drug-likeness (QED) is 0.852. The van der Waals surface area contributed by atoms with Crippen molar-refractivity contribution < 1.29 is 9.36 Å². The molecule has 0 saturated heterocycles. The summed E-state index contributed by atoms with van der Waals surface area (Å²) in [5, 5.41) is 3.44. The second-order valence-corrected chi connectivity index (χ2v) is 7.98. The van der Waals surface area contributed by atoms with E-state index in [9.17, 15) is 4.79 Å². The number of carbonyl (C=O) groups is 1. The highest BCUT2D eigenvalue weighted by atomic mass is 16.2. The number of rotatable bonds is 4. The Kier molecular flexibility index (Phi) is 3.47. The minimum atomic E-state index is 0.135. The van der Waals surface area contributed by atoms with Crippen molar-refractivity contribution in [3.05, 3.63) is 30.1 Å². The fraction of sp³-hybridized carbons (Fsp3) is 0.684. The highest BCUT2D eigenvalue weighted by molar-refractivity contribution is 5.75. The Morgan fingerprint density at radius 3 is 2.18 bits per heavy atom. The number of carbonyl (C=O) groups excluding carboxylic acids is 1. The van der Waals surface area contributed by atoms with Gasteiger partial charge in [0.1, 0.15) is 0 Å². The Labute approximate surface area is 133 Å². The van der Waals surface area contributed by atoms with Crippen LogP contribution in [0.15, 0.2) is 24.5 Å². The fourth-order valence-corrected chi connectivity index (χ4v) is 5.59. The maximum Gasteiger partial charge on any atom is 0.286 e. The zero-order valence-corrected chi connectivity index (χ0v) is 13.6. The molecule has 4 fully saturated rings. The first kappa shape index (κ1) is 14.2. The monoisotopic (exact) mass is 299 g/mol. The van der Waals surface area contributed by atoms with Gasteiger partial charge in [0, 0.05) is 17.7 Å². The summed E-state index contributed by atoms with van der Waals surface area (Å²) in [7, 11) is 0. The Bertz CT molecular complexity index is 528. The fourth-order valence-electron chi connectivity index (χ4n) is 5.59. The second-order valence-electron chi connectivity index (χ2n) is 7.98.